The predicted molar refractivity (Wildman–Crippen MR) is 266 cm³/mol. The summed E-state index contributed by atoms with van der Waals surface area (Å²) in [6.45, 7) is 5.95. The number of amides is 4. The number of nitrogens with one attached hydrogen (secondary N) is 3. The highest BCUT2D eigenvalue weighted by molar-refractivity contribution is 8.32. The highest BCUT2D eigenvalue weighted by Gasteiger charge is 2.37. The van der Waals surface area contributed by atoms with Crippen LogP contribution in [0.15, 0.2) is 60.8 Å². The summed E-state index contributed by atoms with van der Waals surface area (Å²) in [5.41, 5.74) is 7.69. The van der Waals surface area contributed by atoms with Crippen LogP contribution in [0.2, 0.25) is 0 Å². The molecular formula is C49H76F2N6O7S2. The molecule has 6 N–H and O–H groups in total. The first-order valence-electron chi connectivity index (χ1n) is 22.6. The van der Waals surface area contributed by atoms with Gasteiger partial charge in [-0.3, -0.25) is 19.2 Å². The van der Waals surface area contributed by atoms with Gasteiger partial charge in [0, 0.05) is 67.8 Å². The number of benzene rings is 2. The minimum absolute atomic E-state index is 0.0105. The zero-order valence-corrected chi connectivity index (χ0v) is 42.2. The second kappa shape index (κ2) is 26.2. The summed E-state index contributed by atoms with van der Waals surface area (Å²) in [6.07, 6.45) is 17.3. The van der Waals surface area contributed by atoms with E-state index >= 15 is 4.39 Å². The van der Waals surface area contributed by atoms with Gasteiger partial charge in [0.1, 0.15) is 24.3 Å². The molecule has 4 amide bonds. The number of nitrogens with zero attached hydrogens (tertiary/aromatic N) is 2. The Hall–Kier alpha value is -4.45. The number of esters is 1. The molecule has 1 heterocycles. The second-order valence-electron chi connectivity index (χ2n) is 19.7. The molecule has 3 rings (SSSR count). The Kier molecular flexibility index (Phi) is 22.2. The maximum absolute atomic E-state index is 15.1. The van der Waals surface area contributed by atoms with Crippen LogP contribution in [0.25, 0.3) is 11.1 Å². The van der Waals surface area contributed by atoms with E-state index in [2.05, 4.69) is 53.5 Å². The van der Waals surface area contributed by atoms with Crippen LogP contribution < -0.4 is 21.7 Å². The van der Waals surface area contributed by atoms with Gasteiger partial charge in [0.05, 0.1) is 18.7 Å². The zero-order chi connectivity index (χ0) is 49.2. The van der Waals surface area contributed by atoms with Crippen molar-refractivity contribution in [2.45, 2.75) is 90.4 Å². The van der Waals surface area contributed by atoms with Gasteiger partial charge in [-0.05, 0) is 111 Å². The quantitative estimate of drug-likeness (QED) is 0.0449. The lowest BCUT2D eigenvalue weighted by molar-refractivity contribution is -0.147. The zero-order valence-electron chi connectivity index (χ0n) is 40.6. The summed E-state index contributed by atoms with van der Waals surface area (Å²) in [6, 6.07) is 12.0. The summed E-state index contributed by atoms with van der Waals surface area (Å²) in [4.78, 5) is 66.6. The number of rotatable bonds is 27. The molecule has 2 aromatic carbocycles. The number of unbranched alkanes of at least 4 members (excludes halogenated alkanes) is 1. The summed E-state index contributed by atoms with van der Waals surface area (Å²) >= 11 is 0. The molecule has 0 aliphatic heterocycles. The predicted octanol–water partition coefficient (Wildman–Crippen LogP) is 6.10. The van der Waals surface area contributed by atoms with Gasteiger partial charge in [0.2, 0.25) is 23.6 Å². The minimum atomic E-state index is -1.06. The molecule has 0 radical (unpaired) electrons. The van der Waals surface area contributed by atoms with Crippen LogP contribution in [0.4, 0.5) is 8.78 Å². The van der Waals surface area contributed by atoms with E-state index in [1.165, 1.54) is 4.90 Å². The highest BCUT2D eigenvalue weighted by Crippen LogP contribution is 2.41. The molecule has 0 saturated heterocycles. The largest absolute Gasteiger partial charge is 0.463 e. The smallest absolute Gasteiger partial charge is 0.328 e. The fourth-order valence-corrected chi connectivity index (χ4v) is 9.00. The van der Waals surface area contributed by atoms with Crippen molar-refractivity contribution in [3.63, 3.8) is 0 Å². The first-order valence-corrected chi connectivity index (χ1v) is 28.6. The number of hydrogen-bond acceptors (Lipinski definition) is 8. The molecule has 17 heteroatoms. The van der Waals surface area contributed by atoms with E-state index in [-0.39, 0.29) is 43.3 Å². The Morgan fingerprint density at radius 2 is 1.52 bits per heavy atom. The van der Waals surface area contributed by atoms with Gasteiger partial charge in [-0.15, -0.1) is 0 Å². The van der Waals surface area contributed by atoms with Crippen molar-refractivity contribution in [3.8, 4) is 11.1 Å². The van der Waals surface area contributed by atoms with Crippen LogP contribution in [0.5, 0.6) is 0 Å². The van der Waals surface area contributed by atoms with E-state index < -0.39 is 79.6 Å². The first kappa shape index (κ1) is 55.9. The monoisotopic (exact) mass is 963 g/mol. The molecule has 1 aromatic heterocycles. The molecule has 66 heavy (non-hydrogen) atoms. The highest BCUT2D eigenvalue weighted by atomic mass is 32.3. The average molecular weight is 963 g/mol. The van der Waals surface area contributed by atoms with Gasteiger partial charge < -0.3 is 41.0 Å². The SMILES string of the molecule is CC(C)(C)[C@H](c1cc(-c2cc(F)ccc2F)cn1Cc1ccccc1)N(CC[C@H](N)C(=O)NCCC(=O)NCCCC[C@H](NC(=O)CCCS(C)(C)C)C(=O)OCCS(C)(C)C)C(=O)CO. The van der Waals surface area contributed by atoms with Crippen molar-refractivity contribution in [2.75, 3.05) is 81.9 Å². The van der Waals surface area contributed by atoms with Gasteiger partial charge in [-0.1, -0.05) is 51.1 Å². The number of ether oxygens (including phenoxy) is 1. The molecule has 3 atom stereocenters. The number of halogens is 2. The molecule has 3 aromatic rings. The standard InChI is InChI=1S/C49H76F2N6O7S2/c1-49(2,3)46(42-30-36(38-31-37(50)20-21-39(38)51)33-56(42)32-35-16-11-10-12-17-35)57(45(61)34-58)26-23-40(52)47(62)54-25-22-43(59)53-24-14-13-18-41(48(63)64-27-29-66(7,8)9)55-44(60)19-15-28-65(4,5)6/h10-12,16-17,20-21,30-31,33,40-41,46,58H,13-15,18-19,22-29,32,34,52H2,1-9H3,(H,53,59)(H,54,62)(H,55,60)/t40-,41-,46-/m0/s1. The maximum atomic E-state index is 15.1. The molecule has 0 aliphatic carbocycles. The molecule has 370 valence electrons. The van der Waals surface area contributed by atoms with Gasteiger partial charge in [0.25, 0.3) is 0 Å². The molecule has 0 spiro atoms. The molecule has 0 bridgehead atoms. The number of aromatic nitrogens is 1. The third-order valence-electron chi connectivity index (χ3n) is 10.9. The molecule has 0 fully saturated rings. The number of nitrogens with two attached hydrogens (primary N) is 1. The maximum Gasteiger partial charge on any atom is 0.328 e. The van der Waals surface area contributed by atoms with Crippen molar-refractivity contribution >= 4 is 49.7 Å². The van der Waals surface area contributed by atoms with E-state index in [9.17, 15) is 33.5 Å². The van der Waals surface area contributed by atoms with Crippen LogP contribution in [-0.2, 0) is 35.3 Å². The van der Waals surface area contributed by atoms with E-state index in [0.29, 0.717) is 56.6 Å². The summed E-state index contributed by atoms with van der Waals surface area (Å²) < 4.78 is 36.9. The van der Waals surface area contributed by atoms with E-state index in [4.69, 9.17) is 10.5 Å². The molecule has 0 unspecified atom stereocenters. The van der Waals surface area contributed by atoms with Crippen molar-refractivity contribution in [1.82, 2.24) is 25.4 Å². The van der Waals surface area contributed by atoms with Crippen molar-refractivity contribution in [1.29, 1.82) is 0 Å². The van der Waals surface area contributed by atoms with Gasteiger partial charge in [0.15, 0.2) is 0 Å². The topological polar surface area (TPSA) is 185 Å². The summed E-state index contributed by atoms with van der Waals surface area (Å²) in [5, 5.41) is 18.6. The van der Waals surface area contributed by atoms with Crippen molar-refractivity contribution in [2.24, 2.45) is 11.1 Å². The molecular weight excluding hydrogens is 887 g/mol. The van der Waals surface area contributed by atoms with Crippen LogP contribution in [0, 0.1) is 17.0 Å². The molecule has 0 saturated carbocycles. The van der Waals surface area contributed by atoms with E-state index in [1.807, 2.05) is 55.7 Å². The second-order valence-corrected chi connectivity index (χ2v) is 28.8. The van der Waals surface area contributed by atoms with Crippen LogP contribution in [-0.4, -0.2) is 138 Å². The Balaban J connectivity index is 1.58. The van der Waals surface area contributed by atoms with Crippen molar-refractivity contribution in [3.05, 3.63) is 83.7 Å². The Morgan fingerprint density at radius 1 is 0.833 bits per heavy atom. The third-order valence-corrected chi connectivity index (χ3v) is 13.8. The van der Waals surface area contributed by atoms with Crippen LogP contribution in [0.1, 0.15) is 83.0 Å². The lowest BCUT2D eigenvalue weighted by atomic mass is 9.82. The normalized spacial score (nSPS) is 13.8. The van der Waals surface area contributed by atoms with E-state index in [0.717, 1.165) is 41.7 Å². The fraction of sp³-hybridized carbons (Fsp3) is 0.571. The lowest BCUT2D eigenvalue weighted by Crippen LogP contribution is -2.47. The van der Waals surface area contributed by atoms with Crippen LogP contribution in [0.3, 0.4) is 0 Å². The molecule has 0 aliphatic rings. The Bertz CT molecular complexity index is 2050. The van der Waals surface area contributed by atoms with Gasteiger partial charge in [-0.25, -0.2) is 33.6 Å². The van der Waals surface area contributed by atoms with Gasteiger partial charge >= 0.3 is 5.97 Å². The number of carbonyl (C=O) groups excluding carboxylic acids is 5. The van der Waals surface area contributed by atoms with Gasteiger partial charge in [-0.2, -0.15) is 0 Å². The molecule has 13 nitrogen and oxygen atoms in total. The first-order chi connectivity index (χ1) is 30.9. The summed E-state index contributed by atoms with van der Waals surface area (Å²) in [5.74, 6) is -1.51. The van der Waals surface area contributed by atoms with Crippen molar-refractivity contribution < 1.29 is 42.6 Å². The Morgan fingerprint density at radius 3 is 2.15 bits per heavy atom. The Labute approximate surface area is 394 Å². The van der Waals surface area contributed by atoms with E-state index in [1.54, 1.807) is 12.3 Å². The number of hydrogen-bond donors (Lipinski definition) is 5. The number of aliphatic hydroxyl groups is 1. The number of aliphatic hydroxyl groups excluding tert-OH is 1. The lowest BCUT2D eigenvalue weighted by Gasteiger charge is -2.41. The number of carbonyl (C=O) groups is 5. The van der Waals surface area contributed by atoms with Crippen LogP contribution >= 0.6 is 20.1 Å². The minimum Gasteiger partial charge on any atom is -0.463 e. The fourth-order valence-electron chi connectivity index (χ4n) is 7.40. The average Bonchev–Trinajstić information content (AvgIpc) is 3.62. The summed E-state index contributed by atoms with van der Waals surface area (Å²) in [7, 11) is -1.59. The third kappa shape index (κ3) is 19.8.